The van der Waals surface area contributed by atoms with Crippen LogP contribution in [0.1, 0.15) is 21.7 Å². The first-order chi connectivity index (χ1) is 16.8. The molecule has 13 heteroatoms. The minimum atomic E-state index is -3.74. The van der Waals surface area contributed by atoms with Gasteiger partial charge in [-0.3, -0.25) is 4.79 Å². The zero-order valence-electron chi connectivity index (χ0n) is 18.2. The number of halogens is 1. The van der Waals surface area contributed by atoms with Gasteiger partial charge in [0.1, 0.15) is 0 Å². The third-order valence-electron chi connectivity index (χ3n) is 4.88. The second kappa shape index (κ2) is 11.1. The first-order valence-electron chi connectivity index (χ1n) is 10.3. The average molecular weight is 574 g/mol. The van der Waals surface area contributed by atoms with E-state index in [1.54, 1.807) is 35.3 Å². The van der Waals surface area contributed by atoms with Crippen LogP contribution in [-0.2, 0) is 22.2 Å². The normalized spacial score (nSPS) is 11.4. The quantitative estimate of drug-likeness (QED) is 0.229. The number of nitrogens with zero attached hydrogens (tertiary/aromatic N) is 5. The number of rotatable bonds is 9. The number of nitrogens with two attached hydrogens (primary N) is 1. The molecule has 0 atom stereocenters. The summed E-state index contributed by atoms with van der Waals surface area (Å²) in [4.78, 5) is 21.5. The summed E-state index contributed by atoms with van der Waals surface area (Å²) >= 11 is 4.80. The third kappa shape index (κ3) is 6.51. The van der Waals surface area contributed by atoms with Gasteiger partial charge in [-0.15, -0.1) is 5.10 Å². The van der Waals surface area contributed by atoms with E-state index in [0.29, 0.717) is 29.6 Å². The summed E-state index contributed by atoms with van der Waals surface area (Å²) in [6, 6.07) is 15.5. The van der Waals surface area contributed by atoms with Crippen molar-refractivity contribution in [2.75, 3.05) is 6.54 Å². The smallest absolute Gasteiger partial charge is 0.273 e. The van der Waals surface area contributed by atoms with E-state index in [0.717, 1.165) is 15.7 Å². The van der Waals surface area contributed by atoms with E-state index in [4.69, 9.17) is 5.14 Å². The number of carbonyl (C=O) groups excluding carboxylic acids is 1. The van der Waals surface area contributed by atoms with Crippen molar-refractivity contribution < 1.29 is 13.2 Å². The van der Waals surface area contributed by atoms with Crippen LogP contribution >= 0.6 is 27.7 Å². The predicted molar refractivity (Wildman–Crippen MR) is 135 cm³/mol. The molecule has 0 aliphatic carbocycles. The van der Waals surface area contributed by atoms with Crippen LogP contribution in [0, 0.1) is 0 Å². The van der Waals surface area contributed by atoms with E-state index in [1.165, 1.54) is 23.9 Å². The lowest BCUT2D eigenvalue weighted by molar-refractivity contribution is 0.0948. The van der Waals surface area contributed by atoms with Crippen LogP contribution in [0.15, 0.2) is 81.5 Å². The molecule has 3 N–H and O–H groups in total. The van der Waals surface area contributed by atoms with E-state index in [9.17, 15) is 13.2 Å². The Morgan fingerprint density at radius 3 is 2.40 bits per heavy atom. The van der Waals surface area contributed by atoms with Crippen LogP contribution in [0.5, 0.6) is 0 Å². The Hall–Kier alpha value is -3.13. The van der Waals surface area contributed by atoms with Crippen molar-refractivity contribution in [1.82, 2.24) is 30.3 Å². The number of amides is 1. The van der Waals surface area contributed by atoms with E-state index in [-0.39, 0.29) is 16.5 Å². The number of thioether (sulfide) groups is 1. The van der Waals surface area contributed by atoms with Crippen molar-refractivity contribution in [3.63, 3.8) is 0 Å². The van der Waals surface area contributed by atoms with Crippen LogP contribution in [0.3, 0.4) is 0 Å². The molecule has 0 aliphatic heterocycles. The molecule has 2 aromatic carbocycles. The number of nitrogens with one attached hydrogen (secondary N) is 1. The van der Waals surface area contributed by atoms with Crippen LogP contribution < -0.4 is 10.5 Å². The lowest BCUT2D eigenvalue weighted by atomic mass is 10.1. The molecule has 10 nitrogen and oxygen atoms in total. The number of hydrogen-bond acceptors (Lipinski definition) is 8. The standard InChI is InChI=1S/C22H20BrN7O3S2/c23-16-4-6-17(7-5-16)30-19(14-34-22-26-11-1-12-27-22)20(28-29-30)21(31)25-13-10-15-2-8-18(9-3-15)35(24,32)33/h1-9,11-12H,10,13-14H2,(H,25,31)(H2,24,32,33). The van der Waals surface area contributed by atoms with Crippen LogP contribution in [0.2, 0.25) is 0 Å². The van der Waals surface area contributed by atoms with Crippen molar-refractivity contribution in [3.05, 3.63) is 88.4 Å². The summed E-state index contributed by atoms with van der Waals surface area (Å²) in [5.41, 5.74) is 2.44. The van der Waals surface area contributed by atoms with Gasteiger partial charge in [0.25, 0.3) is 5.91 Å². The minimum Gasteiger partial charge on any atom is -0.350 e. The molecule has 0 saturated carbocycles. The summed E-state index contributed by atoms with van der Waals surface area (Å²) in [5, 5.41) is 16.9. The fourth-order valence-corrected chi connectivity index (χ4v) is 4.72. The molecule has 2 heterocycles. The van der Waals surface area contributed by atoms with Gasteiger partial charge in [0.05, 0.1) is 16.3 Å². The Balaban J connectivity index is 1.49. The summed E-state index contributed by atoms with van der Waals surface area (Å²) in [6.45, 7) is 0.326. The number of primary sulfonamides is 1. The maximum Gasteiger partial charge on any atom is 0.273 e. The molecule has 4 aromatic rings. The molecule has 0 bridgehead atoms. The van der Waals surface area contributed by atoms with Crippen LogP contribution in [-0.4, -0.2) is 45.8 Å². The van der Waals surface area contributed by atoms with E-state index < -0.39 is 10.0 Å². The molecule has 0 aliphatic rings. The lowest BCUT2D eigenvalue weighted by Crippen LogP contribution is -2.27. The maximum atomic E-state index is 13.0. The van der Waals surface area contributed by atoms with Gasteiger partial charge >= 0.3 is 0 Å². The summed E-state index contributed by atoms with van der Waals surface area (Å²) in [7, 11) is -3.74. The molecule has 4 rings (SSSR count). The number of carbonyl (C=O) groups is 1. The van der Waals surface area contributed by atoms with Crippen LogP contribution in [0.4, 0.5) is 0 Å². The molecule has 0 spiro atoms. The molecule has 0 fully saturated rings. The van der Waals surface area contributed by atoms with Gasteiger partial charge in [-0.25, -0.2) is 28.2 Å². The minimum absolute atomic E-state index is 0.0411. The molecule has 35 heavy (non-hydrogen) atoms. The van der Waals surface area contributed by atoms with E-state index in [1.807, 2.05) is 24.3 Å². The second-order valence-corrected chi connectivity index (χ2v) is 10.7. The predicted octanol–water partition coefficient (Wildman–Crippen LogP) is 2.73. The molecule has 0 saturated heterocycles. The number of sulfonamides is 1. The molecular weight excluding hydrogens is 554 g/mol. The number of benzene rings is 2. The van der Waals surface area contributed by atoms with E-state index >= 15 is 0 Å². The monoisotopic (exact) mass is 573 g/mol. The molecule has 0 unspecified atom stereocenters. The third-order valence-corrected chi connectivity index (χ3v) is 7.23. The Kier molecular flexibility index (Phi) is 7.90. The van der Waals surface area contributed by atoms with Gasteiger partial charge in [-0.05, 0) is 54.4 Å². The van der Waals surface area contributed by atoms with Crippen molar-refractivity contribution in [2.24, 2.45) is 5.14 Å². The number of aromatic nitrogens is 5. The highest BCUT2D eigenvalue weighted by Crippen LogP contribution is 2.23. The largest absolute Gasteiger partial charge is 0.350 e. The molecule has 180 valence electrons. The first-order valence-corrected chi connectivity index (χ1v) is 13.6. The van der Waals surface area contributed by atoms with Gasteiger partial charge in [0.2, 0.25) is 10.0 Å². The van der Waals surface area contributed by atoms with Crippen LogP contribution in [0.25, 0.3) is 5.69 Å². The van der Waals surface area contributed by atoms with Gasteiger partial charge in [0.15, 0.2) is 10.9 Å². The van der Waals surface area contributed by atoms with Gasteiger partial charge in [-0.1, -0.05) is 45.0 Å². The second-order valence-electron chi connectivity index (χ2n) is 7.29. The topological polar surface area (TPSA) is 146 Å². The van der Waals surface area contributed by atoms with E-state index in [2.05, 4.69) is 41.5 Å². The fourth-order valence-electron chi connectivity index (χ4n) is 3.14. The Morgan fingerprint density at radius 1 is 1.06 bits per heavy atom. The van der Waals surface area contributed by atoms with Crippen molar-refractivity contribution in [1.29, 1.82) is 0 Å². The highest BCUT2D eigenvalue weighted by atomic mass is 79.9. The molecule has 0 radical (unpaired) electrons. The summed E-state index contributed by atoms with van der Waals surface area (Å²) in [6.07, 6.45) is 3.81. The molecular formula is C22H20BrN7O3S2. The lowest BCUT2D eigenvalue weighted by Gasteiger charge is -2.09. The highest BCUT2D eigenvalue weighted by molar-refractivity contribution is 9.10. The van der Waals surface area contributed by atoms with Gasteiger partial charge in [0, 0.05) is 29.2 Å². The summed E-state index contributed by atoms with van der Waals surface area (Å²) < 4.78 is 25.3. The Labute approximate surface area is 214 Å². The fraction of sp³-hybridized carbons (Fsp3) is 0.136. The average Bonchev–Trinajstić information content (AvgIpc) is 3.27. The van der Waals surface area contributed by atoms with Gasteiger partial charge in [-0.2, -0.15) is 0 Å². The highest BCUT2D eigenvalue weighted by Gasteiger charge is 2.21. The maximum absolute atomic E-state index is 13.0. The van der Waals surface area contributed by atoms with Crippen molar-refractivity contribution in [3.8, 4) is 5.69 Å². The summed E-state index contributed by atoms with van der Waals surface area (Å²) in [5.74, 6) is 0.0179. The SMILES string of the molecule is NS(=O)(=O)c1ccc(CCNC(=O)c2nnn(-c3ccc(Br)cc3)c2CSc2ncccn2)cc1. The van der Waals surface area contributed by atoms with Gasteiger partial charge < -0.3 is 5.32 Å². The number of hydrogen-bond donors (Lipinski definition) is 2. The molecule has 1 amide bonds. The zero-order valence-corrected chi connectivity index (χ0v) is 21.4. The van der Waals surface area contributed by atoms with Crippen molar-refractivity contribution in [2.45, 2.75) is 22.2 Å². The molecule has 2 aromatic heterocycles. The van der Waals surface area contributed by atoms with Crippen molar-refractivity contribution >= 4 is 43.6 Å². The zero-order chi connectivity index (χ0) is 24.8. The Morgan fingerprint density at radius 2 is 1.74 bits per heavy atom. The Bertz CT molecular complexity index is 1410. The first kappa shape index (κ1) is 25.0.